The van der Waals surface area contributed by atoms with Crippen LogP contribution >= 0.6 is 0 Å². The monoisotopic (exact) mass is 202 g/mol. The molecule has 2 atom stereocenters. The maximum atomic E-state index is 11.4. The number of carbonyl (C=O) groups is 1. The normalized spacial score (nSPS) is 15.1. The maximum absolute atomic E-state index is 11.4. The lowest BCUT2D eigenvalue weighted by atomic mass is 10.0. The molecule has 3 nitrogen and oxygen atoms in total. The Morgan fingerprint density at radius 3 is 1.64 bits per heavy atom. The second kappa shape index (κ2) is 7.94. The van der Waals surface area contributed by atoms with Gasteiger partial charge in [0.2, 0.25) is 0 Å². The fraction of sp³-hybridized carbons (Fsp3) is 0.909. The van der Waals surface area contributed by atoms with E-state index in [-0.39, 0.29) is 0 Å². The van der Waals surface area contributed by atoms with E-state index in [1.54, 1.807) is 0 Å². The minimum Gasteiger partial charge on any atom is -0.385 e. The summed E-state index contributed by atoms with van der Waals surface area (Å²) in [6.45, 7) is 4.01. The summed E-state index contributed by atoms with van der Waals surface area (Å²) in [6, 6.07) is 0. The Morgan fingerprint density at radius 2 is 1.36 bits per heavy atom. The van der Waals surface area contributed by atoms with Gasteiger partial charge in [0.05, 0.1) is 0 Å². The van der Waals surface area contributed by atoms with Crippen LogP contribution in [-0.2, 0) is 4.79 Å². The van der Waals surface area contributed by atoms with E-state index in [2.05, 4.69) is 0 Å². The molecule has 14 heavy (non-hydrogen) atoms. The van der Waals surface area contributed by atoms with Crippen LogP contribution in [0, 0.1) is 0 Å². The van der Waals surface area contributed by atoms with Crippen molar-refractivity contribution in [2.45, 2.75) is 64.6 Å². The summed E-state index contributed by atoms with van der Waals surface area (Å²) in [5, 5.41) is 18.8. The lowest BCUT2D eigenvalue weighted by Crippen LogP contribution is -2.32. The highest BCUT2D eigenvalue weighted by molar-refractivity contribution is 5.86. The van der Waals surface area contributed by atoms with Crippen LogP contribution < -0.4 is 0 Å². The van der Waals surface area contributed by atoms with Crippen molar-refractivity contribution in [3.8, 4) is 0 Å². The number of carbonyl (C=O) groups excluding carboxylic acids is 1. The highest BCUT2D eigenvalue weighted by atomic mass is 16.3. The molecule has 0 heterocycles. The highest BCUT2D eigenvalue weighted by Crippen LogP contribution is 2.08. The molecule has 0 saturated heterocycles. The number of hydrogen-bond acceptors (Lipinski definition) is 3. The molecular formula is C11H22O3. The first kappa shape index (κ1) is 13.6. The number of aliphatic hydroxyl groups is 2. The maximum Gasteiger partial charge on any atom is 0.189 e. The lowest BCUT2D eigenvalue weighted by Gasteiger charge is -2.13. The summed E-state index contributed by atoms with van der Waals surface area (Å²) in [6.07, 6.45) is 2.56. The van der Waals surface area contributed by atoms with E-state index in [9.17, 15) is 15.0 Å². The van der Waals surface area contributed by atoms with Gasteiger partial charge in [0.15, 0.2) is 5.78 Å². The summed E-state index contributed by atoms with van der Waals surface area (Å²) in [7, 11) is 0. The Morgan fingerprint density at radius 1 is 1.00 bits per heavy atom. The molecule has 0 aliphatic carbocycles. The van der Waals surface area contributed by atoms with Gasteiger partial charge in [-0.05, 0) is 12.8 Å². The second-order valence-corrected chi connectivity index (χ2v) is 3.72. The van der Waals surface area contributed by atoms with Crippen molar-refractivity contribution in [2.24, 2.45) is 0 Å². The first-order chi connectivity index (χ1) is 6.63. The molecule has 84 valence electrons. The Bertz CT molecular complexity index is 141. The van der Waals surface area contributed by atoms with E-state index in [1.807, 2.05) is 13.8 Å². The molecule has 0 fully saturated rings. The van der Waals surface area contributed by atoms with Gasteiger partial charge in [-0.25, -0.2) is 0 Å². The summed E-state index contributed by atoms with van der Waals surface area (Å²) in [5.74, 6) is -0.410. The number of Topliss-reactive ketones (excluding diaryl/α,β-unsaturated/α-hetero) is 1. The number of hydrogen-bond donors (Lipinski definition) is 2. The van der Waals surface area contributed by atoms with Crippen molar-refractivity contribution >= 4 is 5.78 Å². The molecule has 0 aliphatic heterocycles. The predicted octanol–water partition coefficient (Wildman–Crippen LogP) is 1.66. The molecule has 3 heteroatoms. The van der Waals surface area contributed by atoms with Crippen molar-refractivity contribution < 1.29 is 15.0 Å². The molecule has 0 aromatic rings. The Labute approximate surface area is 86.1 Å². The summed E-state index contributed by atoms with van der Waals surface area (Å²) in [5.41, 5.74) is 0. The van der Waals surface area contributed by atoms with Crippen LogP contribution in [0.25, 0.3) is 0 Å². The van der Waals surface area contributed by atoms with Crippen LogP contribution in [0.15, 0.2) is 0 Å². The first-order valence-electron chi connectivity index (χ1n) is 5.53. The molecular weight excluding hydrogens is 180 g/mol. The minimum absolute atomic E-state index is 0.410. The molecule has 0 spiro atoms. The van der Waals surface area contributed by atoms with Crippen LogP contribution in [0.1, 0.15) is 52.4 Å². The number of rotatable bonds is 8. The van der Waals surface area contributed by atoms with Crippen LogP contribution in [0.5, 0.6) is 0 Å². The Hall–Kier alpha value is -0.410. The molecule has 2 unspecified atom stereocenters. The van der Waals surface area contributed by atoms with Crippen molar-refractivity contribution in [1.82, 2.24) is 0 Å². The molecule has 0 radical (unpaired) electrons. The fourth-order valence-electron chi connectivity index (χ4n) is 1.30. The largest absolute Gasteiger partial charge is 0.385 e. The molecule has 0 saturated carbocycles. The van der Waals surface area contributed by atoms with Gasteiger partial charge in [0.1, 0.15) is 12.2 Å². The number of aliphatic hydroxyl groups excluding tert-OH is 2. The van der Waals surface area contributed by atoms with Crippen molar-refractivity contribution in [2.75, 3.05) is 0 Å². The van der Waals surface area contributed by atoms with Crippen LogP contribution in [0.2, 0.25) is 0 Å². The molecule has 0 aromatic carbocycles. The van der Waals surface area contributed by atoms with Crippen molar-refractivity contribution in [3.05, 3.63) is 0 Å². The zero-order valence-electron chi connectivity index (χ0n) is 9.20. The van der Waals surface area contributed by atoms with Gasteiger partial charge in [0.25, 0.3) is 0 Å². The standard InChI is InChI=1S/C11H22O3/c1-3-5-7-9(12)11(14)10(13)8-6-4-2/h9-10,12-13H,3-8H2,1-2H3. The van der Waals surface area contributed by atoms with Gasteiger partial charge >= 0.3 is 0 Å². The third-order valence-corrected chi connectivity index (χ3v) is 2.32. The molecule has 0 aromatic heterocycles. The predicted molar refractivity (Wildman–Crippen MR) is 56.1 cm³/mol. The highest BCUT2D eigenvalue weighted by Gasteiger charge is 2.21. The SMILES string of the molecule is CCCCC(O)C(=O)C(O)CCCC. The van der Waals surface area contributed by atoms with Gasteiger partial charge < -0.3 is 10.2 Å². The topological polar surface area (TPSA) is 57.5 Å². The van der Waals surface area contributed by atoms with E-state index in [0.29, 0.717) is 12.8 Å². The summed E-state index contributed by atoms with van der Waals surface area (Å²) in [4.78, 5) is 11.4. The van der Waals surface area contributed by atoms with Crippen LogP contribution in [0.3, 0.4) is 0 Å². The van der Waals surface area contributed by atoms with Crippen LogP contribution in [-0.4, -0.2) is 28.2 Å². The number of unbranched alkanes of at least 4 members (excludes halogenated alkanes) is 2. The van der Waals surface area contributed by atoms with E-state index < -0.39 is 18.0 Å². The zero-order valence-corrected chi connectivity index (χ0v) is 9.20. The Balaban J connectivity index is 3.78. The molecule has 0 aliphatic rings. The van der Waals surface area contributed by atoms with Gasteiger partial charge in [-0.3, -0.25) is 4.79 Å². The average molecular weight is 202 g/mol. The van der Waals surface area contributed by atoms with E-state index in [1.165, 1.54) is 0 Å². The molecule has 0 amide bonds. The summed E-state index contributed by atoms with van der Waals surface area (Å²) < 4.78 is 0. The van der Waals surface area contributed by atoms with Gasteiger partial charge in [-0.1, -0.05) is 39.5 Å². The quantitative estimate of drug-likeness (QED) is 0.629. The third-order valence-electron chi connectivity index (χ3n) is 2.32. The second-order valence-electron chi connectivity index (χ2n) is 3.72. The van der Waals surface area contributed by atoms with E-state index in [4.69, 9.17) is 0 Å². The zero-order chi connectivity index (χ0) is 11.0. The minimum atomic E-state index is -0.971. The van der Waals surface area contributed by atoms with Crippen LogP contribution in [0.4, 0.5) is 0 Å². The van der Waals surface area contributed by atoms with Crippen molar-refractivity contribution in [3.63, 3.8) is 0 Å². The smallest absolute Gasteiger partial charge is 0.189 e. The Kier molecular flexibility index (Phi) is 7.71. The molecule has 2 N–H and O–H groups in total. The fourth-order valence-corrected chi connectivity index (χ4v) is 1.30. The summed E-state index contributed by atoms with van der Waals surface area (Å²) >= 11 is 0. The van der Waals surface area contributed by atoms with Gasteiger partial charge in [-0.15, -0.1) is 0 Å². The lowest BCUT2D eigenvalue weighted by molar-refractivity contribution is -0.136. The average Bonchev–Trinajstić information content (AvgIpc) is 2.21. The van der Waals surface area contributed by atoms with Crippen molar-refractivity contribution in [1.29, 1.82) is 0 Å². The van der Waals surface area contributed by atoms with Gasteiger partial charge in [0, 0.05) is 0 Å². The first-order valence-corrected chi connectivity index (χ1v) is 5.53. The third kappa shape index (κ3) is 5.35. The molecule has 0 bridgehead atoms. The van der Waals surface area contributed by atoms with E-state index in [0.717, 1.165) is 25.7 Å². The number of ketones is 1. The van der Waals surface area contributed by atoms with Gasteiger partial charge in [-0.2, -0.15) is 0 Å². The molecule has 0 rings (SSSR count). The van der Waals surface area contributed by atoms with E-state index >= 15 is 0 Å².